The van der Waals surface area contributed by atoms with Crippen molar-refractivity contribution < 1.29 is 9.53 Å². The van der Waals surface area contributed by atoms with Gasteiger partial charge < -0.3 is 15.4 Å². The van der Waals surface area contributed by atoms with E-state index in [4.69, 9.17) is 27.3 Å². The summed E-state index contributed by atoms with van der Waals surface area (Å²) < 4.78 is 4.95. The maximum Gasteiger partial charge on any atom is 0.256 e. The molecule has 7 heteroatoms. The van der Waals surface area contributed by atoms with E-state index >= 15 is 0 Å². The molecule has 0 unspecified atom stereocenters. The van der Waals surface area contributed by atoms with Crippen molar-refractivity contribution in [1.82, 2.24) is 9.88 Å². The molecule has 0 aliphatic carbocycles. The minimum Gasteiger partial charge on any atom is -0.397 e. The van der Waals surface area contributed by atoms with Gasteiger partial charge in [-0.05, 0) is 6.07 Å². The molecule has 102 valence electrons. The maximum atomic E-state index is 12.3. The van der Waals surface area contributed by atoms with Gasteiger partial charge in [-0.25, -0.2) is 4.98 Å². The number of carbonyl (C=O) groups is 1. The van der Waals surface area contributed by atoms with Gasteiger partial charge in [-0.2, -0.15) is 5.26 Å². The second-order valence-electron chi connectivity index (χ2n) is 3.79. The quantitative estimate of drug-likeness (QED) is 0.794. The van der Waals surface area contributed by atoms with E-state index in [1.807, 2.05) is 6.07 Å². The topological polar surface area (TPSA) is 92.2 Å². The molecule has 1 rings (SSSR count). The Morgan fingerprint density at radius 3 is 3.00 bits per heavy atom. The van der Waals surface area contributed by atoms with Crippen molar-refractivity contribution in [2.45, 2.75) is 6.42 Å². The van der Waals surface area contributed by atoms with E-state index in [1.54, 1.807) is 7.11 Å². The number of hydrogen-bond acceptors (Lipinski definition) is 5. The first-order valence-electron chi connectivity index (χ1n) is 5.66. The lowest BCUT2D eigenvalue weighted by atomic mass is 10.2. The molecule has 0 atom stereocenters. The summed E-state index contributed by atoms with van der Waals surface area (Å²) in [4.78, 5) is 17.6. The van der Waals surface area contributed by atoms with Crippen molar-refractivity contribution in [1.29, 1.82) is 5.26 Å². The summed E-state index contributed by atoms with van der Waals surface area (Å²) in [5.41, 5.74) is 6.26. The fourth-order valence-corrected chi connectivity index (χ4v) is 1.66. The van der Waals surface area contributed by atoms with Crippen LogP contribution in [-0.2, 0) is 4.74 Å². The zero-order chi connectivity index (χ0) is 14.3. The smallest absolute Gasteiger partial charge is 0.256 e. The number of nitriles is 1. The van der Waals surface area contributed by atoms with Crippen LogP contribution in [0.1, 0.15) is 16.8 Å². The highest BCUT2D eigenvalue weighted by molar-refractivity contribution is 6.29. The van der Waals surface area contributed by atoms with E-state index in [2.05, 4.69) is 4.98 Å². The van der Waals surface area contributed by atoms with E-state index in [0.717, 1.165) is 0 Å². The van der Waals surface area contributed by atoms with E-state index in [0.29, 0.717) is 19.7 Å². The summed E-state index contributed by atoms with van der Waals surface area (Å²) in [5, 5.41) is 8.82. The number of nitrogens with two attached hydrogens (primary N) is 1. The second-order valence-corrected chi connectivity index (χ2v) is 4.17. The van der Waals surface area contributed by atoms with Gasteiger partial charge in [-0.1, -0.05) is 11.6 Å². The fraction of sp³-hybridized carbons (Fsp3) is 0.417. The first kappa shape index (κ1) is 15.2. The Morgan fingerprint density at radius 2 is 2.37 bits per heavy atom. The zero-order valence-electron chi connectivity index (χ0n) is 10.6. The minimum absolute atomic E-state index is 0.199. The Bertz CT molecular complexity index is 487. The maximum absolute atomic E-state index is 12.3. The summed E-state index contributed by atoms with van der Waals surface area (Å²) in [6.45, 7) is 1.09. The number of nitrogens with zero attached hydrogens (tertiary/aromatic N) is 3. The van der Waals surface area contributed by atoms with Gasteiger partial charge in [0.05, 0.1) is 36.5 Å². The summed E-state index contributed by atoms with van der Waals surface area (Å²) in [5.74, 6) is -0.283. The van der Waals surface area contributed by atoms with Crippen LogP contribution in [0, 0.1) is 11.3 Å². The van der Waals surface area contributed by atoms with E-state index in [9.17, 15) is 4.79 Å². The van der Waals surface area contributed by atoms with Crippen molar-refractivity contribution in [2.75, 3.05) is 32.5 Å². The lowest BCUT2D eigenvalue weighted by Gasteiger charge is -2.21. The van der Waals surface area contributed by atoms with Crippen molar-refractivity contribution in [3.8, 4) is 6.07 Å². The number of halogens is 1. The summed E-state index contributed by atoms with van der Waals surface area (Å²) >= 11 is 5.76. The Hall–Kier alpha value is -1.84. The highest BCUT2D eigenvalue weighted by Gasteiger charge is 2.18. The van der Waals surface area contributed by atoms with Crippen LogP contribution in [-0.4, -0.2) is 42.6 Å². The number of aromatic nitrogens is 1. The molecule has 6 nitrogen and oxygen atoms in total. The number of amides is 1. The second kappa shape index (κ2) is 7.56. The van der Waals surface area contributed by atoms with Crippen LogP contribution in [0.25, 0.3) is 0 Å². The SMILES string of the molecule is COCCN(CCC#N)C(=O)c1cc(Cl)ncc1N. The molecular formula is C12H15ClN4O2. The Balaban J connectivity index is 2.91. The molecule has 0 spiro atoms. The molecule has 0 saturated carbocycles. The standard InChI is InChI=1S/C12H15ClN4O2/c1-19-6-5-17(4-2-3-14)12(18)9-7-11(13)16-8-10(9)15/h7-8H,2,4-6,15H2,1H3. The average molecular weight is 283 g/mol. The molecule has 0 radical (unpaired) electrons. The largest absolute Gasteiger partial charge is 0.397 e. The Morgan fingerprint density at radius 1 is 1.63 bits per heavy atom. The summed E-state index contributed by atoms with van der Waals surface area (Å²) in [7, 11) is 1.55. The van der Waals surface area contributed by atoms with Crippen LogP contribution in [0.15, 0.2) is 12.3 Å². The van der Waals surface area contributed by atoms with Crippen LogP contribution < -0.4 is 5.73 Å². The van der Waals surface area contributed by atoms with Crippen LogP contribution in [0.3, 0.4) is 0 Å². The number of pyridine rings is 1. The molecular weight excluding hydrogens is 268 g/mol. The van der Waals surface area contributed by atoms with E-state index in [1.165, 1.54) is 17.2 Å². The predicted octanol–water partition coefficient (Wildman–Crippen LogP) is 1.32. The van der Waals surface area contributed by atoms with Crippen molar-refractivity contribution in [3.63, 3.8) is 0 Å². The van der Waals surface area contributed by atoms with Crippen molar-refractivity contribution in [3.05, 3.63) is 23.0 Å². The predicted molar refractivity (Wildman–Crippen MR) is 71.7 cm³/mol. The molecule has 0 bridgehead atoms. The number of ether oxygens (including phenoxy) is 1. The molecule has 1 aromatic heterocycles. The van der Waals surface area contributed by atoms with Crippen LogP contribution >= 0.6 is 11.6 Å². The van der Waals surface area contributed by atoms with Gasteiger partial charge in [0.1, 0.15) is 5.15 Å². The number of anilines is 1. The number of rotatable bonds is 6. The third kappa shape index (κ3) is 4.39. The van der Waals surface area contributed by atoms with Crippen LogP contribution in [0.4, 0.5) is 5.69 Å². The Kier molecular flexibility index (Phi) is 6.06. The number of methoxy groups -OCH3 is 1. The molecule has 0 saturated heterocycles. The number of nitrogen functional groups attached to an aromatic ring is 1. The third-order valence-electron chi connectivity index (χ3n) is 2.48. The monoisotopic (exact) mass is 282 g/mol. The Labute approximate surface area is 116 Å². The van der Waals surface area contributed by atoms with Crippen LogP contribution in [0.2, 0.25) is 5.15 Å². The average Bonchev–Trinajstić information content (AvgIpc) is 2.41. The molecule has 2 N–H and O–H groups in total. The highest BCUT2D eigenvalue weighted by Crippen LogP contribution is 2.17. The molecule has 1 aromatic rings. The van der Waals surface area contributed by atoms with E-state index in [-0.39, 0.29) is 28.7 Å². The van der Waals surface area contributed by atoms with E-state index < -0.39 is 0 Å². The minimum atomic E-state index is -0.283. The first-order chi connectivity index (χ1) is 9.10. The molecule has 0 aromatic carbocycles. The molecule has 1 amide bonds. The third-order valence-corrected chi connectivity index (χ3v) is 2.68. The van der Waals surface area contributed by atoms with Crippen molar-refractivity contribution in [2.24, 2.45) is 0 Å². The van der Waals surface area contributed by atoms with Gasteiger partial charge >= 0.3 is 0 Å². The summed E-state index contributed by atoms with van der Waals surface area (Å²) in [6, 6.07) is 3.42. The number of hydrogen-bond donors (Lipinski definition) is 1. The van der Waals surface area contributed by atoms with Gasteiger partial charge in [-0.15, -0.1) is 0 Å². The van der Waals surface area contributed by atoms with Gasteiger partial charge in [0, 0.05) is 20.2 Å². The highest BCUT2D eigenvalue weighted by atomic mass is 35.5. The summed E-state index contributed by atoms with van der Waals surface area (Å²) in [6.07, 6.45) is 1.59. The van der Waals surface area contributed by atoms with Gasteiger partial charge in [-0.3, -0.25) is 4.79 Å². The lowest BCUT2D eigenvalue weighted by Crippen LogP contribution is -2.35. The molecule has 19 heavy (non-hydrogen) atoms. The fourth-order valence-electron chi connectivity index (χ4n) is 1.50. The van der Waals surface area contributed by atoms with Gasteiger partial charge in [0.25, 0.3) is 5.91 Å². The molecule has 0 fully saturated rings. The lowest BCUT2D eigenvalue weighted by molar-refractivity contribution is 0.0701. The van der Waals surface area contributed by atoms with Gasteiger partial charge in [0.15, 0.2) is 0 Å². The van der Waals surface area contributed by atoms with Gasteiger partial charge in [0.2, 0.25) is 0 Å². The zero-order valence-corrected chi connectivity index (χ0v) is 11.4. The normalized spacial score (nSPS) is 9.95. The molecule has 1 heterocycles. The van der Waals surface area contributed by atoms with Crippen molar-refractivity contribution >= 4 is 23.2 Å². The molecule has 0 aliphatic rings. The molecule has 0 aliphatic heterocycles. The van der Waals surface area contributed by atoms with Crippen LogP contribution in [0.5, 0.6) is 0 Å². The first-order valence-corrected chi connectivity index (χ1v) is 6.04. The number of carbonyl (C=O) groups excluding carboxylic acids is 1.